The molecule has 0 spiro atoms. The molecule has 15 heavy (non-hydrogen) atoms. The molecule has 2 fully saturated rings. The summed E-state index contributed by atoms with van der Waals surface area (Å²) in [6, 6.07) is 8.33. The highest BCUT2D eigenvalue weighted by molar-refractivity contribution is 14.1. The van der Waals surface area contributed by atoms with Crippen molar-refractivity contribution in [1.29, 1.82) is 0 Å². The Labute approximate surface area is 112 Å². The highest BCUT2D eigenvalue weighted by atomic mass is 127. The van der Waals surface area contributed by atoms with Crippen LogP contribution in [-0.4, -0.2) is 12.1 Å². The second-order valence-electron chi connectivity index (χ2n) is 4.56. The lowest BCUT2D eigenvalue weighted by Gasteiger charge is -2.20. The Morgan fingerprint density at radius 3 is 2.80 bits per heavy atom. The number of halogens is 2. The first-order valence-corrected chi connectivity index (χ1v) is 7.32. The Hall–Kier alpha value is 0.390. The molecule has 3 atom stereocenters. The molecule has 2 heterocycles. The summed E-state index contributed by atoms with van der Waals surface area (Å²) >= 11 is 5.98. The summed E-state index contributed by atoms with van der Waals surface area (Å²) in [5.74, 6) is 0.747. The molecule has 2 aliphatic heterocycles. The summed E-state index contributed by atoms with van der Waals surface area (Å²) in [6.07, 6.45) is 4.07. The molecule has 3 heteroatoms. The first-order chi connectivity index (χ1) is 7.24. The molecule has 0 amide bonds. The van der Waals surface area contributed by atoms with E-state index in [0.717, 1.165) is 18.0 Å². The topological polar surface area (TPSA) is 12.0 Å². The molecule has 1 N–H and O–H groups in total. The van der Waals surface area contributed by atoms with Crippen LogP contribution in [0.2, 0.25) is 0 Å². The summed E-state index contributed by atoms with van der Waals surface area (Å²) < 4.78 is 2.54. The van der Waals surface area contributed by atoms with Gasteiger partial charge in [-0.2, -0.15) is 0 Å². The Bertz CT molecular complexity index is 393. The van der Waals surface area contributed by atoms with Crippen LogP contribution >= 0.6 is 38.5 Å². The minimum atomic E-state index is 0.738. The summed E-state index contributed by atoms with van der Waals surface area (Å²) in [5.41, 5.74) is 1.50. The van der Waals surface area contributed by atoms with Gasteiger partial charge >= 0.3 is 0 Å². The monoisotopic (exact) mass is 377 g/mol. The van der Waals surface area contributed by atoms with Crippen LogP contribution in [0.1, 0.15) is 30.7 Å². The highest BCUT2D eigenvalue weighted by Crippen LogP contribution is 2.40. The molecule has 2 bridgehead atoms. The average Bonchev–Trinajstić information content (AvgIpc) is 2.83. The minimum absolute atomic E-state index is 0.738. The molecular weight excluding hydrogens is 365 g/mol. The van der Waals surface area contributed by atoms with Crippen molar-refractivity contribution in [3.05, 3.63) is 31.8 Å². The van der Waals surface area contributed by atoms with Crippen molar-refractivity contribution in [3.63, 3.8) is 0 Å². The number of nitrogens with one attached hydrogen (secondary N) is 1. The second kappa shape index (κ2) is 4.00. The molecule has 1 aromatic rings. The van der Waals surface area contributed by atoms with Gasteiger partial charge in [0, 0.05) is 26.0 Å². The van der Waals surface area contributed by atoms with Crippen molar-refractivity contribution >= 4 is 38.5 Å². The average molecular weight is 378 g/mol. The smallest absolute Gasteiger partial charge is 0.0311 e. The Balaban J connectivity index is 1.90. The fraction of sp³-hybridized carbons (Fsp3) is 0.500. The van der Waals surface area contributed by atoms with E-state index in [4.69, 9.17) is 0 Å². The summed E-state index contributed by atoms with van der Waals surface area (Å²) in [5, 5.41) is 3.69. The maximum atomic E-state index is 3.69. The van der Waals surface area contributed by atoms with Crippen molar-refractivity contribution in [2.75, 3.05) is 0 Å². The normalized spacial score (nSPS) is 33.6. The SMILES string of the molecule is Brc1cc(C2CC3CCC2N3)ccc1I. The molecule has 0 saturated carbocycles. The van der Waals surface area contributed by atoms with Crippen molar-refractivity contribution in [2.45, 2.75) is 37.3 Å². The van der Waals surface area contributed by atoms with Crippen molar-refractivity contribution in [3.8, 4) is 0 Å². The van der Waals surface area contributed by atoms with Crippen LogP contribution in [0.4, 0.5) is 0 Å². The van der Waals surface area contributed by atoms with Crippen molar-refractivity contribution < 1.29 is 0 Å². The van der Waals surface area contributed by atoms with Gasteiger partial charge in [-0.3, -0.25) is 0 Å². The van der Waals surface area contributed by atoms with E-state index in [1.807, 2.05) is 0 Å². The van der Waals surface area contributed by atoms with Gasteiger partial charge in [0.15, 0.2) is 0 Å². The van der Waals surface area contributed by atoms with Gasteiger partial charge in [0.2, 0.25) is 0 Å². The predicted octanol–water partition coefficient (Wildman–Crippen LogP) is 3.66. The minimum Gasteiger partial charge on any atom is -0.311 e. The van der Waals surface area contributed by atoms with Gasteiger partial charge in [0.05, 0.1) is 0 Å². The standard InChI is InChI=1S/C12H13BrIN/c13-10-5-7(1-3-11(10)14)9-6-8-2-4-12(9)15-8/h1,3,5,8-9,12,15H,2,4,6H2. The van der Waals surface area contributed by atoms with Gasteiger partial charge in [-0.15, -0.1) is 0 Å². The van der Waals surface area contributed by atoms with Gasteiger partial charge in [0.25, 0.3) is 0 Å². The van der Waals surface area contributed by atoms with Crippen LogP contribution in [0.25, 0.3) is 0 Å². The Morgan fingerprint density at radius 1 is 1.33 bits per heavy atom. The van der Waals surface area contributed by atoms with E-state index < -0.39 is 0 Å². The molecule has 2 aliphatic rings. The summed E-state index contributed by atoms with van der Waals surface area (Å²) in [7, 11) is 0. The van der Waals surface area contributed by atoms with Gasteiger partial charge in [-0.1, -0.05) is 6.07 Å². The molecule has 80 valence electrons. The molecule has 1 nitrogen and oxygen atoms in total. The lowest BCUT2D eigenvalue weighted by molar-refractivity contribution is 0.506. The molecule has 3 unspecified atom stereocenters. The number of benzene rings is 1. The molecule has 0 aromatic heterocycles. The number of fused-ring (bicyclic) bond motifs is 2. The molecule has 0 aliphatic carbocycles. The van der Waals surface area contributed by atoms with Gasteiger partial charge in [0.1, 0.15) is 0 Å². The zero-order valence-electron chi connectivity index (χ0n) is 8.34. The van der Waals surface area contributed by atoms with Crippen LogP contribution in [0.15, 0.2) is 22.7 Å². The van der Waals surface area contributed by atoms with Crippen LogP contribution < -0.4 is 5.32 Å². The van der Waals surface area contributed by atoms with E-state index in [2.05, 4.69) is 62.0 Å². The number of hydrogen-bond donors (Lipinski definition) is 1. The first-order valence-electron chi connectivity index (χ1n) is 5.45. The fourth-order valence-electron chi connectivity index (χ4n) is 2.94. The number of rotatable bonds is 1. The molecule has 1 aromatic carbocycles. The predicted molar refractivity (Wildman–Crippen MR) is 74.2 cm³/mol. The summed E-state index contributed by atoms with van der Waals surface area (Å²) in [4.78, 5) is 0. The molecule has 3 rings (SSSR count). The van der Waals surface area contributed by atoms with Gasteiger partial charge in [-0.05, 0) is 75.5 Å². The van der Waals surface area contributed by atoms with Crippen molar-refractivity contribution in [2.24, 2.45) is 0 Å². The maximum absolute atomic E-state index is 3.69. The molecular formula is C12H13BrIN. The fourth-order valence-corrected chi connectivity index (χ4v) is 3.67. The first kappa shape index (κ1) is 10.5. The van der Waals surface area contributed by atoms with Gasteiger partial charge < -0.3 is 5.32 Å². The lowest BCUT2D eigenvalue weighted by atomic mass is 9.84. The van der Waals surface area contributed by atoms with Crippen LogP contribution in [0, 0.1) is 3.57 Å². The molecule has 2 saturated heterocycles. The summed E-state index contributed by atoms with van der Waals surface area (Å²) in [6.45, 7) is 0. The van der Waals surface area contributed by atoms with Crippen molar-refractivity contribution in [1.82, 2.24) is 5.32 Å². The largest absolute Gasteiger partial charge is 0.311 e. The Kier molecular flexibility index (Phi) is 2.81. The highest BCUT2D eigenvalue weighted by Gasteiger charge is 2.39. The second-order valence-corrected chi connectivity index (χ2v) is 6.58. The zero-order valence-corrected chi connectivity index (χ0v) is 12.1. The third kappa shape index (κ3) is 1.87. The van der Waals surface area contributed by atoms with Crippen LogP contribution in [-0.2, 0) is 0 Å². The van der Waals surface area contributed by atoms with E-state index in [-0.39, 0.29) is 0 Å². The third-order valence-electron chi connectivity index (χ3n) is 3.67. The van der Waals surface area contributed by atoms with E-state index in [0.29, 0.717) is 0 Å². The number of hydrogen-bond acceptors (Lipinski definition) is 1. The quantitative estimate of drug-likeness (QED) is 0.736. The maximum Gasteiger partial charge on any atom is 0.0311 e. The van der Waals surface area contributed by atoms with Gasteiger partial charge in [-0.25, -0.2) is 0 Å². The Morgan fingerprint density at radius 2 is 2.20 bits per heavy atom. The van der Waals surface area contributed by atoms with E-state index in [1.54, 1.807) is 0 Å². The van der Waals surface area contributed by atoms with E-state index in [9.17, 15) is 0 Å². The van der Waals surface area contributed by atoms with E-state index in [1.165, 1.54) is 32.9 Å². The molecule has 0 radical (unpaired) electrons. The lowest BCUT2D eigenvalue weighted by Crippen LogP contribution is -2.21. The zero-order chi connectivity index (χ0) is 10.4. The van der Waals surface area contributed by atoms with Crippen LogP contribution in [0.3, 0.4) is 0 Å². The van der Waals surface area contributed by atoms with Crippen LogP contribution in [0.5, 0.6) is 0 Å². The third-order valence-corrected chi connectivity index (χ3v) is 6.01. The van der Waals surface area contributed by atoms with E-state index >= 15 is 0 Å².